The van der Waals surface area contributed by atoms with Crippen LogP contribution in [0.4, 0.5) is 0 Å². The zero-order valence-electron chi connectivity index (χ0n) is 21.7. The molecule has 0 amide bonds. The standard InChI is InChI=1S/2C16H26/c2*1-9-11-3-5-13(7-11)15(9)16-10(2)12-4-6-14(16)8-12/h2*9-16H,3-8H2,1-2H3/t9?,10?,11-,12?,13+,14?,15?,16?;9?,10?,11-,12-,13+,14+,15?,16?/m11/s1. The third-order valence-electron chi connectivity index (χ3n) is 14.5. The molecule has 0 spiro atoms. The second kappa shape index (κ2) is 7.75. The normalized spacial score (nSPS) is 63.4. The van der Waals surface area contributed by atoms with Crippen LogP contribution < -0.4 is 0 Å². The van der Waals surface area contributed by atoms with Gasteiger partial charge in [-0.1, -0.05) is 27.7 Å². The molecule has 32 heavy (non-hydrogen) atoms. The van der Waals surface area contributed by atoms with Crippen molar-refractivity contribution in [3.63, 3.8) is 0 Å². The van der Waals surface area contributed by atoms with E-state index in [2.05, 4.69) is 27.7 Å². The van der Waals surface area contributed by atoms with E-state index in [0.717, 1.165) is 94.7 Å². The summed E-state index contributed by atoms with van der Waals surface area (Å²) in [7, 11) is 0. The Hall–Kier alpha value is 0. The van der Waals surface area contributed by atoms with E-state index < -0.39 is 0 Å². The molecular weight excluding hydrogens is 384 g/mol. The molecule has 180 valence electrons. The SMILES string of the molecule is CC1C(C2C(C)[C@@H]3CC[C@H]2C3)[C@H]2CC[C@@H]1C2.CC1C2CCC(C2)C1C1C(C)[C@@H]2CC[C@H]1C2. The molecule has 0 saturated heterocycles. The number of fused-ring (bicyclic) bond motifs is 8. The van der Waals surface area contributed by atoms with Gasteiger partial charge < -0.3 is 0 Å². The molecule has 0 aromatic heterocycles. The van der Waals surface area contributed by atoms with Gasteiger partial charge in [-0.2, -0.15) is 0 Å². The maximum atomic E-state index is 2.59. The molecule has 16 atom stereocenters. The molecule has 0 aliphatic heterocycles. The lowest BCUT2D eigenvalue weighted by molar-refractivity contribution is 0.0776. The second-order valence-corrected chi connectivity index (χ2v) is 15.1. The molecule has 8 bridgehead atoms. The molecule has 8 fully saturated rings. The van der Waals surface area contributed by atoms with Crippen molar-refractivity contribution < 1.29 is 0 Å². The van der Waals surface area contributed by atoms with Crippen molar-refractivity contribution in [3.05, 3.63) is 0 Å². The van der Waals surface area contributed by atoms with Gasteiger partial charge in [0.05, 0.1) is 0 Å². The van der Waals surface area contributed by atoms with Crippen molar-refractivity contribution >= 4 is 0 Å². The van der Waals surface area contributed by atoms with Crippen LogP contribution in [0, 0.1) is 94.7 Å². The quantitative estimate of drug-likeness (QED) is 0.406. The zero-order valence-corrected chi connectivity index (χ0v) is 21.7. The summed E-state index contributed by atoms with van der Waals surface area (Å²) in [6.07, 6.45) is 19.0. The minimum atomic E-state index is 1.07. The van der Waals surface area contributed by atoms with Crippen LogP contribution in [0.15, 0.2) is 0 Å². The van der Waals surface area contributed by atoms with Crippen LogP contribution in [0.3, 0.4) is 0 Å². The lowest BCUT2D eigenvalue weighted by atomic mass is 9.64. The van der Waals surface area contributed by atoms with E-state index in [1.165, 1.54) is 0 Å². The van der Waals surface area contributed by atoms with Gasteiger partial charge >= 0.3 is 0 Å². The first-order valence-electron chi connectivity index (χ1n) is 15.5. The van der Waals surface area contributed by atoms with Crippen LogP contribution in [-0.4, -0.2) is 0 Å². The molecule has 8 saturated carbocycles. The van der Waals surface area contributed by atoms with Gasteiger partial charge in [-0.25, -0.2) is 0 Å². The Balaban J connectivity index is 0.000000113. The van der Waals surface area contributed by atoms with Crippen LogP contribution in [0.5, 0.6) is 0 Å². The summed E-state index contributed by atoms with van der Waals surface area (Å²) in [5.74, 6) is 18.0. The van der Waals surface area contributed by atoms with E-state index >= 15 is 0 Å². The third-order valence-corrected chi connectivity index (χ3v) is 14.5. The fourth-order valence-corrected chi connectivity index (χ4v) is 13.2. The Morgan fingerprint density at radius 3 is 0.625 bits per heavy atom. The summed E-state index contributed by atoms with van der Waals surface area (Å²) in [4.78, 5) is 0. The summed E-state index contributed by atoms with van der Waals surface area (Å²) in [5, 5.41) is 0. The zero-order chi connectivity index (χ0) is 21.7. The van der Waals surface area contributed by atoms with Gasteiger partial charge in [0.2, 0.25) is 0 Å². The molecule has 8 rings (SSSR count). The van der Waals surface area contributed by atoms with Crippen molar-refractivity contribution in [3.8, 4) is 0 Å². The van der Waals surface area contributed by atoms with Gasteiger partial charge in [-0.15, -0.1) is 0 Å². The predicted octanol–water partition coefficient (Wildman–Crippen LogP) is 8.70. The van der Waals surface area contributed by atoms with Crippen LogP contribution in [0.25, 0.3) is 0 Å². The highest BCUT2D eigenvalue weighted by molar-refractivity contribution is 5.06. The molecule has 8 aliphatic rings. The summed E-state index contributed by atoms with van der Waals surface area (Å²) < 4.78 is 0. The highest BCUT2D eigenvalue weighted by atomic mass is 14.6. The molecule has 0 nitrogen and oxygen atoms in total. The van der Waals surface area contributed by atoms with Crippen LogP contribution in [-0.2, 0) is 0 Å². The van der Waals surface area contributed by atoms with E-state index in [1.54, 1.807) is 77.0 Å². The summed E-state index contributed by atoms with van der Waals surface area (Å²) in [6, 6.07) is 0. The minimum Gasteiger partial charge on any atom is -0.0620 e. The first-order valence-corrected chi connectivity index (χ1v) is 15.5. The predicted molar refractivity (Wildman–Crippen MR) is 134 cm³/mol. The Morgan fingerprint density at radius 1 is 0.281 bits per heavy atom. The lowest BCUT2D eigenvalue weighted by Crippen LogP contribution is -2.34. The maximum absolute atomic E-state index is 2.59. The van der Waals surface area contributed by atoms with Gasteiger partial charge in [0.1, 0.15) is 0 Å². The van der Waals surface area contributed by atoms with Crippen molar-refractivity contribution in [1.82, 2.24) is 0 Å². The molecule has 0 N–H and O–H groups in total. The summed E-state index contributed by atoms with van der Waals surface area (Å²) >= 11 is 0. The van der Waals surface area contributed by atoms with Crippen LogP contribution >= 0.6 is 0 Å². The average molecular weight is 437 g/mol. The summed E-state index contributed by atoms with van der Waals surface area (Å²) in [5.41, 5.74) is 0. The minimum absolute atomic E-state index is 1.07. The van der Waals surface area contributed by atoms with Crippen molar-refractivity contribution in [1.29, 1.82) is 0 Å². The number of hydrogen-bond acceptors (Lipinski definition) is 0. The Labute approximate surface area is 199 Å². The second-order valence-electron chi connectivity index (χ2n) is 15.1. The largest absolute Gasteiger partial charge is 0.0620 e. The van der Waals surface area contributed by atoms with Crippen molar-refractivity contribution in [2.45, 2.75) is 105 Å². The van der Waals surface area contributed by atoms with Gasteiger partial charge in [0.25, 0.3) is 0 Å². The van der Waals surface area contributed by atoms with Crippen LogP contribution in [0.2, 0.25) is 0 Å². The van der Waals surface area contributed by atoms with Gasteiger partial charge in [0.15, 0.2) is 0 Å². The Kier molecular flexibility index (Phi) is 5.16. The Bertz CT molecular complexity index is 581. The molecule has 0 heteroatoms. The maximum Gasteiger partial charge on any atom is -0.0324 e. The number of hydrogen-bond donors (Lipinski definition) is 0. The van der Waals surface area contributed by atoms with E-state index in [4.69, 9.17) is 0 Å². The molecule has 0 heterocycles. The monoisotopic (exact) mass is 436 g/mol. The molecule has 8 aliphatic carbocycles. The van der Waals surface area contributed by atoms with Crippen LogP contribution in [0.1, 0.15) is 105 Å². The van der Waals surface area contributed by atoms with Gasteiger partial charge in [0, 0.05) is 0 Å². The van der Waals surface area contributed by atoms with Crippen molar-refractivity contribution in [2.75, 3.05) is 0 Å². The van der Waals surface area contributed by atoms with Gasteiger partial charge in [-0.3, -0.25) is 0 Å². The topological polar surface area (TPSA) is 0 Å². The molecule has 0 radical (unpaired) electrons. The molecule has 0 aromatic rings. The fraction of sp³-hybridized carbons (Fsp3) is 1.00. The van der Waals surface area contributed by atoms with E-state index in [9.17, 15) is 0 Å². The highest BCUT2D eigenvalue weighted by Gasteiger charge is 2.57. The van der Waals surface area contributed by atoms with Gasteiger partial charge in [-0.05, 0) is 172 Å². The fourth-order valence-electron chi connectivity index (χ4n) is 13.2. The highest BCUT2D eigenvalue weighted by Crippen LogP contribution is 2.65. The summed E-state index contributed by atoms with van der Waals surface area (Å²) in [6.45, 7) is 10.4. The number of rotatable bonds is 2. The molecule has 10 unspecified atom stereocenters. The lowest BCUT2D eigenvalue weighted by Gasteiger charge is -2.40. The average Bonchev–Trinajstić information content (AvgIpc) is 3.61. The third kappa shape index (κ3) is 2.98. The first kappa shape index (κ1) is 21.3. The van der Waals surface area contributed by atoms with E-state index in [1.807, 2.05) is 0 Å². The molecular formula is C32H52. The molecule has 0 aromatic carbocycles. The Morgan fingerprint density at radius 2 is 0.469 bits per heavy atom. The smallest absolute Gasteiger partial charge is 0.0324 e. The van der Waals surface area contributed by atoms with Crippen molar-refractivity contribution in [2.24, 2.45) is 94.7 Å². The van der Waals surface area contributed by atoms with E-state index in [-0.39, 0.29) is 0 Å². The van der Waals surface area contributed by atoms with E-state index in [0.29, 0.717) is 0 Å². The first-order chi connectivity index (χ1) is 15.5.